The van der Waals surface area contributed by atoms with Crippen LogP contribution < -0.4 is 10.2 Å². The second-order valence-corrected chi connectivity index (χ2v) is 4.66. The Morgan fingerprint density at radius 3 is 2.75 bits per heavy atom. The summed E-state index contributed by atoms with van der Waals surface area (Å²) < 4.78 is 23.7. The van der Waals surface area contributed by atoms with Crippen molar-refractivity contribution in [3.05, 3.63) is 23.6 Å². The molecule has 0 amide bonds. The molecule has 0 saturated carbocycles. The quantitative estimate of drug-likeness (QED) is 0.743. The molecule has 0 radical (unpaired) electrons. The maximum Gasteiger partial charge on any atom is 0.141 e. The van der Waals surface area contributed by atoms with Gasteiger partial charge < -0.3 is 19.7 Å². The number of hydrogen-bond acceptors (Lipinski definition) is 5. The number of aromatic nitrogens is 1. The van der Waals surface area contributed by atoms with E-state index < -0.39 is 0 Å². The summed E-state index contributed by atoms with van der Waals surface area (Å²) >= 11 is 0. The third-order valence-corrected chi connectivity index (χ3v) is 3.03. The third-order valence-electron chi connectivity index (χ3n) is 3.03. The Morgan fingerprint density at radius 1 is 1.40 bits per heavy atom. The molecule has 1 atom stereocenters. The number of hydrogen-bond donors (Lipinski definition) is 1. The van der Waals surface area contributed by atoms with Crippen LogP contribution in [-0.4, -0.2) is 52.1 Å². The summed E-state index contributed by atoms with van der Waals surface area (Å²) in [6.45, 7) is 4.43. The molecule has 0 aliphatic rings. The number of nitrogens with one attached hydrogen (secondary N) is 1. The monoisotopic (exact) mass is 285 g/mol. The standard InChI is InChI=1S/C14H24FN3O2/c1-11(10-20-4)18(5-6-19-3)14-12(8-16-2)7-13(15)9-17-14/h7,9,11,16H,5-6,8,10H2,1-4H3. The second-order valence-electron chi connectivity index (χ2n) is 4.66. The van der Waals surface area contributed by atoms with E-state index in [9.17, 15) is 4.39 Å². The Hall–Kier alpha value is -1.24. The highest BCUT2D eigenvalue weighted by Crippen LogP contribution is 2.21. The van der Waals surface area contributed by atoms with Gasteiger partial charge in [0.05, 0.1) is 25.5 Å². The summed E-state index contributed by atoms with van der Waals surface area (Å²) in [5.74, 6) is 0.437. The summed E-state index contributed by atoms with van der Waals surface area (Å²) in [5, 5.41) is 3.04. The molecular formula is C14H24FN3O2. The number of anilines is 1. The van der Waals surface area contributed by atoms with Crippen molar-refractivity contribution in [2.75, 3.05) is 45.9 Å². The Kier molecular flexibility index (Phi) is 7.43. The second kappa shape index (κ2) is 8.84. The summed E-state index contributed by atoms with van der Waals surface area (Å²) in [4.78, 5) is 6.34. The van der Waals surface area contributed by atoms with Crippen molar-refractivity contribution in [2.45, 2.75) is 19.5 Å². The molecule has 0 saturated heterocycles. The molecule has 1 aromatic rings. The Bertz CT molecular complexity index is 404. The molecule has 0 aliphatic heterocycles. The van der Waals surface area contributed by atoms with E-state index in [1.807, 2.05) is 14.0 Å². The average Bonchev–Trinajstić information content (AvgIpc) is 2.42. The zero-order chi connectivity index (χ0) is 15.0. The van der Waals surface area contributed by atoms with Crippen LogP contribution in [0.25, 0.3) is 0 Å². The van der Waals surface area contributed by atoms with Gasteiger partial charge in [-0.25, -0.2) is 9.37 Å². The first-order chi connectivity index (χ1) is 9.63. The van der Waals surface area contributed by atoms with Crippen molar-refractivity contribution >= 4 is 5.82 Å². The van der Waals surface area contributed by atoms with Crippen LogP contribution in [-0.2, 0) is 16.0 Å². The van der Waals surface area contributed by atoms with Gasteiger partial charge in [0.1, 0.15) is 11.6 Å². The number of pyridine rings is 1. The zero-order valence-corrected chi connectivity index (χ0v) is 12.6. The molecule has 114 valence electrons. The Labute approximate surface area is 120 Å². The smallest absolute Gasteiger partial charge is 0.141 e. The fraction of sp³-hybridized carbons (Fsp3) is 0.643. The maximum absolute atomic E-state index is 13.4. The largest absolute Gasteiger partial charge is 0.383 e. The van der Waals surface area contributed by atoms with Crippen molar-refractivity contribution in [3.63, 3.8) is 0 Å². The first kappa shape index (κ1) is 16.8. The molecule has 1 rings (SSSR count). The van der Waals surface area contributed by atoms with Crippen LogP contribution in [0.4, 0.5) is 10.2 Å². The van der Waals surface area contributed by atoms with Crippen LogP contribution in [0.15, 0.2) is 12.3 Å². The Morgan fingerprint density at radius 2 is 2.15 bits per heavy atom. The fourth-order valence-electron chi connectivity index (χ4n) is 2.11. The third kappa shape index (κ3) is 4.70. The van der Waals surface area contributed by atoms with Crippen LogP contribution in [0.3, 0.4) is 0 Å². The molecule has 20 heavy (non-hydrogen) atoms. The van der Waals surface area contributed by atoms with Crippen LogP contribution in [0.2, 0.25) is 0 Å². The minimum Gasteiger partial charge on any atom is -0.383 e. The molecule has 1 N–H and O–H groups in total. The van der Waals surface area contributed by atoms with Crippen molar-refractivity contribution in [1.29, 1.82) is 0 Å². The molecular weight excluding hydrogens is 261 g/mol. The predicted octanol–water partition coefficient (Wildman–Crippen LogP) is 1.43. The highest BCUT2D eigenvalue weighted by molar-refractivity contribution is 5.48. The van der Waals surface area contributed by atoms with Gasteiger partial charge in [0.25, 0.3) is 0 Å². The normalized spacial score (nSPS) is 12.4. The predicted molar refractivity (Wildman–Crippen MR) is 77.5 cm³/mol. The number of halogens is 1. The van der Waals surface area contributed by atoms with Gasteiger partial charge in [-0.2, -0.15) is 0 Å². The molecule has 0 aliphatic carbocycles. The topological polar surface area (TPSA) is 46.6 Å². The number of nitrogens with zero attached hydrogens (tertiary/aromatic N) is 2. The summed E-state index contributed by atoms with van der Waals surface area (Å²) in [6, 6.07) is 1.64. The van der Waals surface area contributed by atoms with Gasteiger partial charge >= 0.3 is 0 Å². The Balaban J connectivity index is 3.04. The van der Waals surface area contributed by atoms with Crippen LogP contribution in [0, 0.1) is 5.82 Å². The van der Waals surface area contributed by atoms with Gasteiger partial charge in [-0.1, -0.05) is 0 Å². The lowest BCUT2D eigenvalue weighted by atomic mass is 10.2. The lowest BCUT2D eigenvalue weighted by Crippen LogP contribution is -2.40. The fourth-order valence-corrected chi connectivity index (χ4v) is 2.11. The molecule has 6 heteroatoms. The van der Waals surface area contributed by atoms with Crippen LogP contribution in [0.5, 0.6) is 0 Å². The summed E-state index contributed by atoms with van der Waals surface area (Å²) in [7, 11) is 5.15. The van der Waals surface area contributed by atoms with Gasteiger partial charge in [-0.3, -0.25) is 0 Å². The van der Waals surface area contributed by atoms with Gasteiger partial charge in [0.2, 0.25) is 0 Å². The lowest BCUT2D eigenvalue weighted by Gasteiger charge is -2.31. The SMILES string of the molecule is CNCc1cc(F)cnc1N(CCOC)C(C)COC. The summed E-state index contributed by atoms with van der Waals surface area (Å²) in [6.07, 6.45) is 1.24. The van der Waals surface area contributed by atoms with E-state index in [1.54, 1.807) is 14.2 Å². The molecule has 0 bridgehead atoms. The molecule has 1 unspecified atom stereocenters. The van der Waals surface area contributed by atoms with Crippen molar-refractivity contribution < 1.29 is 13.9 Å². The van der Waals surface area contributed by atoms with Gasteiger partial charge in [-0.15, -0.1) is 0 Å². The first-order valence-electron chi connectivity index (χ1n) is 6.67. The minimum atomic E-state index is -0.329. The molecule has 5 nitrogen and oxygen atoms in total. The van der Waals surface area contributed by atoms with Crippen molar-refractivity contribution in [3.8, 4) is 0 Å². The van der Waals surface area contributed by atoms with Gasteiger partial charge in [0, 0.05) is 32.9 Å². The van der Waals surface area contributed by atoms with E-state index in [-0.39, 0.29) is 11.9 Å². The minimum absolute atomic E-state index is 0.128. The molecule has 0 aromatic carbocycles. The first-order valence-corrected chi connectivity index (χ1v) is 6.67. The molecule has 1 heterocycles. The number of ether oxygens (including phenoxy) is 2. The lowest BCUT2D eigenvalue weighted by molar-refractivity contribution is 0.170. The number of methoxy groups -OCH3 is 2. The van der Waals surface area contributed by atoms with Crippen LogP contribution >= 0.6 is 0 Å². The zero-order valence-electron chi connectivity index (χ0n) is 12.6. The molecule has 0 spiro atoms. The highest BCUT2D eigenvalue weighted by Gasteiger charge is 2.19. The molecule has 1 aromatic heterocycles. The van der Waals surface area contributed by atoms with E-state index in [0.29, 0.717) is 26.3 Å². The average molecular weight is 285 g/mol. The van der Waals surface area contributed by atoms with E-state index >= 15 is 0 Å². The van der Waals surface area contributed by atoms with Crippen LogP contribution in [0.1, 0.15) is 12.5 Å². The van der Waals surface area contributed by atoms with E-state index in [2.05, 4.69) is 15.2 Å². The highest BCUT2D eigenvalue weighted by atomic mass is 19.1. The van der Waals surface area contributed by atoms with E-state index in [0.717, 1.165) is 11.4 Å². The molecule has 0 fully saturated rings. The van der Waals surface area contributed by atoms with Gasteiger partial charge in [0.15, 0.2) is 0 Å². The summed E-state index contributed by atoms with van der Waals surface area (Å²) in [5.41, 5.74) is 0.826. The maximum atomic E-state index is 13.4. The number of rotatable bonds is 9. The van der Waals surface area contributed by atoms with Crippen molar-refractivity contribution in [1.82, 2.24) is 10.3 Å². The van der Waals surface area contributed by atoms with Gasteiger partial charge in [-0.05, 0) is 20.0 Å². The van der Waals surface area contributed by atoms with E-state index in [1.165, 1.54) is 12.3 Å². The van der Waals surface area contributed by atoms with Crippen molar-refractivity contribution in [2.24, 2.45) is 0 Å². The van der Waals surface area contributed by atoms with E-state index in [4.69, 9.17) is 9.47 Å².